The number of carbonyl (C=O) groups is 1. The van der Waals surface area contributed by atoms with Gasteiger partial charge in [0.15, 0.2) is 0 Å². The van der Waals surface area contributed by atoms with Crippen molar-refractivity contribution in [1.82, 2.24) is 10.6 Å². The molecule has 0 spiro atoms. The summed E-state index contributed by atoms with van der Waals surface area (Å²) in [5.74, 6) is 0.429. The zero-order chi connectivity index (χ0) is 19.8. The molecule has 1 rings (SSSR count). The van der Waals surface area contributed by atoms with E-state index in [0.29, 0.717) is 12.4 Å². The molecule has 7 heteroatoms. The van der Waals surface area contributed by atoms with Crippen LogP contribution in [0.4, 0.5) is 9.18 Å². The summed E-state index contributed by atoms with van der Waals surface area (Å²) < 4.78 is 16.8. The Hall–Kier alpha value is -1.79. The van der Waals surface area contributed by atoms with Crippen LogP contribution in [0.5, 0.6) is 0 Å². The molecule has 6 nitrogen and oxygen atoms in total. The van der Waals surface area contributed by atoms with Crippen LogP contribution in [0, 0.1) is 10.8 Å². The maximum atomic E-state index is 12.1. The first-order valence-electron chi connectivity index (χ1n) is 9.22. The molecule has 1 fully saturated rings. The van der Waals surface area contributed by atoms with Crippen LogP contribution in [0.1, 0.15) is 60.3 Å². The van der Waals surface area contributed by atoms with Gasteiger partial charge in [-0.15, -0.1) is 0 Å². The van der Waals surface area contributed by atoms with Crippen LogP contribution in [0.3, 0.4) is 0 Å². The molecule has 1 aliphatic carbocycles. The molecular formula is C19H34FN3O3. The zero-order valence-corrected chi connectivity index (χ0v) is 16.8. The van der Waals surface area contributed by atoms with Crippen molar-refractivity contribution in [2.75, 3.05) is 19.8 Å². The van der Waals surface area contributed by atoms with Crippen LogP contribution >= 0.6 is 0 Å². The van der Waals surface area contributed by atoms with Gasteiger partial charge in [-0.1, -0.05) is 32.9 Å². The fourth-order valence-electron chi connectivity index (χ4n) is 3.79. The van der Waals surface area contributed by atoms with Gasteiger partial charge in [0.05, 0.1) is 5.71 Å². The number of alkyl carbamates (subject to hydrolysis) is 1. The van der Waals surface area contributed by atoms with Crippen LogP contribution in [-0.4, -0.2) is 37.7 Å². The number of nitrogens with one attached hydrogen (secondary N) is 2. The number of hydrogen-bond donors (Lipinski definition) is 2. The van der Waals surface area contributed by atoms with E-state index in [4.69, 9.17) is 9.57 Å². The molecule has 0 heterocycles. The Bertz CT molecular complexity index is 522. The lowest BCUT2D eigenvalue weighted by Gasteiger charge is -2.47. The van der Waals surface area contributed by atoms with E-state index >= 15 is 0 Å². The van der Waals surface area contributed by atoms with E-state index in [1.807, 2.05) is 13.8 Å². The van der Waals surface area contributed by atoms with Gasteiger partial charge in [-0.25, -0.2) is 9.18 Å². The third-order valence-corrected chi connectivity index (χ3v) is 4.60. The van der Waals surface area contributed by atoms with Crippen molar-refractivity contribution in [2.45, 2.75) is 66.3 Å². The first-order valence-corrected chi connectivity index (χ1v) is 9.22. The van der Waals surface area contributed by atoms with Crippen molar-refractivity contribution in [3.63, 3.8) is 0 Å². The maximum Gasteiger partial charge on any atom is 0.407 e. The van der Waals surface area contributed by atoms with Crippen LogP contribution in [-0.2, 0) is 9.57 Å². The van der Waals surface area contributed by atoms with E-state index in [2.05, 4.69) is 43.1 Å². The number of hydrogen-bond acceptors (Lipinski definition) is 5. The predicted molar refractivity (Wildman–Crippen MR) is 102 cm³/mol. The summed E-state index contributed by atoms with van der Waals surface area (Å²) in [6.07, 6.45) is 3.02. The summed E-state index contributed by atoms with van der Waals surface area (Å²) in [4.78, 5) is 17.0. The van der Waals surface area contributed by atoms with Crippen molar-refractivity contribution in [2.24, 2.45) is 16.0 Å². The molecule has 2 unspecified atom stereocenters. The maximum absolute atomic E-state index is 12.1. The molecule has 0 aromatic carbocycles. The summed E-state index contributed by atoms with van der Waals surface area (Å²) in [5.41, 5.74) is 0.882. The Morgan fingerprint density at radius 2 is 2.04 bits per heavy atom. The van der Waals surface area contributed by atoms with E-state index in [1.54, 1.807) is 0 Å². The van der Waals surface area contributed by atoms with Gasteiger partial charge < -0.3 is 20.2 Å². The number of alkyl halides is 1. The molecule has 0 aliphatic heterocycles. The molecule has 2 N–H and O–H groups in total. The van der Waals surface area contributed by atoms with Gasteiger partial charge in [-0.3, -0.25) is 0 Å². The fourth-order valence-corrected chi connectivity index (χ4v) is 3.79. The van der Waals surface area contributed by atoms with Crippen molar-refractivity contribution >= 4 is 11.8 Å². The molecule has 0 bridgehead atoms. The Kier molecular flexibility index (Phi) is 8.37. The van der Waals surface area contributed by atoms with Gasteiger partial charge in [0, 0.05) is 12.6 Å². The highest BCUT2D eigenvalue weighted by molar-refractivity contribution is 5.80. The van der Waals surface area contributed by atoms with Crippen LogP contribution < -0.4 is 10.6 Å². The molecule has 1 aliphatic rings. The van der Waals surface area contributed by atoms with Crippen LogP contribution in [0.15, 0.2) is 17.6 Å². The molecule has 150 valence electrons. The minimum absolute atomic E-state index is 0.0953. The van der Waals surface area contributed by atoms with Gasteiger partial charge in [-0.2, -0.15) is 0 Å². The Morgan fingerprint density at radius 1 is 1.35 bits per heavy atom. The second-order valence-electron chi connectivity index (χ2n) is 8.27. The van der Waals surface area contributed by atoms with E-state index in [9.17, 15) is 9.18 Å². The van der Waals surface area contributed by atoms with Gasteiger partial charge in [-0.05, 0) is 50.0 Å². The number of ether oxygens (including phenoxy) is 1. The predicted octanol–water partition coefficient (Wildman–Crippen LogP) is 4.13. The average molecular weight is 371 g/mol. The first-order chi connectivity index (χ1) is 12.1. The normalized spacial score (nSPS) is 25.3. The fraction of sp³-hybridized carbons (Fsp3) is 0.789. The van der Waals surface area contributed by atoms with E-state index in [1.165, 1.54) is 0 Å². The van der Waals surface area contributed by atoms with Gasteiger partial charge in [0.1, 0.15) is 13.3 Å². The Morgan fingerprint density at radius 3 is 2.65 bits per heavy atom. The lowest BCUT2D eigenvalue weighted by atomic mass is 9.62. The topological polar surface area (TPSA) is 72.0 Å². The quantitative estimate of drug-likeness (QED) is 0.363. The van der Waals surface area contributed by atoms with Gasteiger partial charge in [0.2, 0.25) is 5.88 Å². The molecule has 0 saturated heterocycles. The second-order valence-corrected chi connectivity index (χ2v) is 8.27. The van der Waals surface area contributed by atoms with Crippen LogP contribution in [0.25, 0.3) is 0 Å². The highest BCUT2D eigenvalue weighted by Crippen LogP contribution is 2.45. The number of carbonyl (C=O) groups excluding carboxylic acids is 1. The number of halogens is 1. The smallest absolute Gasteiger partial charge is 0.407 e. The molecule has 0 aromatic rings. The monoisotopic (exact) mass is 371 g/mol. The Labute approximate surface area is 156 Å². The molecule has 0 radical (unpaired) electrons. The van der Waals surface area contributed by atoms with Crippen molar-refractivity contribution in [3.8, 4) is 0 Å². The standard InChI is InChI=1S/C19H34FN3O3/c1-7-14(2)23-26-15(3)22-16-10-18(4,5)12-19(6,11-16)13-21-17(24)25-9-8-20/h16,22H,3,7-13H2,1-2,4-6H3,(H,21,24)/b23-14-. The van der Waals surface area contributed by atoms with Crippen molar-refractivity contribution < 1.29 is 18.8 Å². The third-order valence-electron chi connectivity index (χ3n) is 4.60. The third kappa shape index (κ3) is 8.06. The molecule has 26 heavy (non-hydrogen) atoms. The average Bonchev–Trinajstić information content (AvgIpc) is 2.54. The summed E-state index contributed by atoms with van der Waals surface area (Å²) >= 11 is 0. The minimum Gasteiger partial charge on any atom is -0.447 e. The van der Waals surface area contributed by atoms with Gasteiger partial charge >= 0.3 is 6.09 Å². The first kappa shape index (κ1) is 22.3. The van der Waals surface area contributed by atoms with Gasteiger partial charge in [0.25, 0.3) is 0 Å². The van der Waals surface area contributed by atoms with E-state index < -0.39 is 12.8 Å². The number of rotatable bonds is 9. The SMILES string of the molecule is C=C(NC1CC(C)(C)CC(C)(CNC(=O)OCCF)C1)O/N=C(/C)CC. The molecular weight excluding hydrogens is 337 g/mol. The van der Waals surface area contributed by atoms with Crippen molar-refractivity contribution in [3.05, 3.63) is 12.5 Å². The van der Waals surface area contributed by atoms with E-state index in [-0.39, 0.29) is 23.5 Å². The van der Waals surface area contributed by atoms with Crippen LogP contribution in [0.2, 0.25) is 0 Å². The largest absolute Gasteiger partial charge is 0.447 e. The Balaban J connectivity index is 2.63. The zero-order valence-electron chi connectivity index (χ0n) is 16.8. The van der Waals surface area contributed by atoms with Crippen molar-refractivity contribution in [1.29, 1.82) is 0 Å². The molecule has 2 atom stereocenters. The number of oxime groups is 1. The highest BCUT2D eigenvalue weighted by Gasteiger charge is 2.41. The molecule has 0 aromatic heterocycles. The summed E-state index contributed by atoms with van der Waals surface area (Å²) in [7, 11) is 0. The second kappa shape index (κ2) is 9.78. The summed E-state index contributed by atoms with van der Waals surface area (Å²) in [5, 5.41) is 10.1. The highest BCUT2D eigenvalue weighted by atomic mass is 19.1. The molecule has 1 amide bonds. The molecule has 1 saturated carbocycles. The lowest BCUT2D eigenvalue weighted by molar-refractivity contribution is 0.0607. The lowest BCUT2D eigenvalue weighted by Crippen LogP contribution is -2.49. The summed E-state index contributed by atoms with van der Waals surface area (Å²) in [6, 6.07) is 0.164. The minimum atomic E-state index is -0.675. The number of amides is 1. The van der Waals surface area contributed by atoms with E-state index in [0.717, 1.165) is 31.4 Å². The summed E-state index contributed by atoms with van der Waals surface area (Å²) in [6.45, 7) is 14.0. The number of nitrogens with zero attached hydrogens (tertiary/aromatic N) is 1.